The molecule has 0 spiro atoms. The largest absolute Gasteiger partial charge is 0.274 e. The molecule has 5 aliphatic rings. The quantitative estimate of drug-likeness (QED) is 0.257. The fourth-order valence-electron chi connectivity index (χ4n) is 8.45. The van der Waals surface area contributed by atoms with Crippen LogP contribution < -0.4 is 4.90 Å². The van der Waals surface area contributed by atoms with Crippen molar-refractivity contribution in [3.8, 4) is 0 Å². The van der Waals surface area contributed by atoms with Gasteiger partial charge in [-0.15, -0.1) is 0 Å². The molecule has 0 aromatic heterocycles. The van der Waals surface area contributed by atoms with E-state index < -0.39 is 0 Å². The number of fused-ring (bicyclic) bond motifs is 11. The molecule has 3 nitrogen and oxygen atoms in total. The maximum atomic E-state index is 14.1. The van der Waals surface area contributed by atoms with E-state index in [0.29, 0.717) is 17.5 Å². The molecule has 1 heterocycles. The van der Waals surface area contributed by atoms with Gasteiger partial charge in [-0.25, -0.2) is 4.90 Å². The van der Waals surface area contributed by atoms with Crippen LogP contribution in [0.2, 0.25) is 0 Å². The summed E-state index contributed by atoms with van der Waals surface area (Å²) in [6.07, 6.45) is 3.68. The predicted molar refractivity (Wildman–Crippen MR) is 140 cm³/mol. The van der Waals surface area contributed by atoms with E-state index in [1.165, 1.54) is 57.6 Å². The first-order valence-corrected chi connectivity index (χ1v) is 13.3. The lowest BCUT2D eigenvalue weighted by atomic mass is 9.72. The Kier molecular flexibility index (Phi) is 4.20. The van der Waals surface area contributed by atoms with Crippen LogP contribution in [0.15, 0.2) is 108 Å². The molecule has 8 rings (SSSR count). The molecule has 3 fully saturated rings. The number of nitrogens with zero attached hydrogens (tertiary/aromatic N) is 1. The van der Waals surface area contributed by atoms with Gasteiger partial charge in [0.05, 0.1) is 17.5 Å². The fraction of sp³-hybridized carbons (Fsp3) is 0.273. The summed E-state index contributed by atoms with van der Waals surface area (Å²) in [6.45, 7) is 0. The molecule has 6 atom stereocenters. The van der Waals surface area contributed by atoms with Crippen molar-refractivity contribution in [3.63, 3.8) is 0 Å². The molecule has 176 valence electrons. The molecule has 0 radical (unpaired) electrons. The Morgan fingerprint density at radius 2 is 1.06 bits per heavy atom. The van der Waals surface area contributed by atoms with Crippen LogP contribution in [0.5, 0.6) is 0 Å². The number of carbonyl (C=O) groups is 2. The molecule has 4 bridgehead atoms. The van der Waals surface area contributed by atoms with E-state index in [0.717, 1.165) is 0 Å². The van der Waals surface area contributed by atoms with Crippen molar-refractivity contribution in [2.75, 3.05) is 4.90 Å². The molecule has 3 aromatic rings. The zero-order chi connectivity index (χ0) is 24.0. The van der Waals surface area contributed by atoms with Gasteiger partial charge < -0.3 is 0 Å². The second-order valence-corrected chi connectivity index (χ2v) is 11.0. The molecule has 1 saturated heterocycles. The second kappa shape index (κ2) is 7.39. The fourth-order valence-corrected chi connectivity index (χ4v) is 8.45. The number of hydrogen-bond donors (Lipinski definition) is 0. The van der Waals surface area contributed by atoms with Crippen LogP contribution in [0.25, 0.3) is 5.57 Å². The number of imide groups is 1. The summed E-state index contributed by atoms with van der Waals surface area (Å²) in [6, 6.07) is 30.7. The maximum Gasteiger partial charge on any atom is 0.238 e. The van der Waals surface area contributed by atoms with Gasteiger partial charge >= 0.3 is 0 Å². The minimum atomic E-state index is -0.279. The van der Waals surface area contributed by atoms with Crippen molar-refractivity contribution in [3.05, 3.63) is 119 Å². The van der Waals surface area contributed by atoms with Crippen LogP contribution >= 0.6 is 0 Å². The molecule has 1 aliphatic heterocycles. The molecular weight excluding hydrogens is 442 g/mol. The first kappa shape index (κ1) is 20.5. The summed E-state index contributed by atoms with van der Waals surface area (Å²) in [5.41, 5.74) is 8.73. The third-order valence-electron chi connectivity index (χ3n) is 9.53. The number of rotatable bonds is 3. The third-order valence-corrected chi connectivity index (χ3v) is 9.53. The van der Waals surface area contributed by atoms with E-state index in [4.69, 9.17) is 0 Å². The van der Waals surface area contributed by atoms with Crippen LogP contribution in [0.1, 0.15) is 30.4 Å². The van der Waals surface area contributed by atoms with E-state index >= 15 is 0 Å². The standard InChI is InChI=1S/C33H27NO2/c35-32-30-28-25-21-16-17-22(18-21)26(25)29(31(30)33(36)34(32)23-14-8-3-9-15-23)27(28)24(19-10-4-1-5-11-19)20-12-6-2-7-13-20/h1-15,21-22,28-31H,16-18H2/t21-,22-,28-,29-,30+,31+/m0/s1. The van der Waals surface area contributed by atoms with Crippen molar-refractivity contribution in [1.82, 2.24) is 0 Å². The van der Waals surface area contributed by atoms with Gasteiger partial charge in [-0.05, 0) is 65.5 Å². The van der Waals surface area contributed by atoms with Crippen molar-refractivity contribution in [1.29, 1.82) is 0 Å². The van der Waals surface area contributed by atoms with Gasteiger partial charge in [-0.3, -0.25) is 9.59 Å². The van der Waals surface area contributed by atoms with Gasteiger partial charge in [-0.2, -0.15) is 0 Å². The molecule has 2 saturated carbocycles. The molecular formula is C33H27NO2. The molecule has 2 amide bonds. The van der Waals surface area contributed by atoms with Gasteiger partial charge in [-0.1, -0.05) is 90.0 Å². The second-order valence-electron chi connectivity index (χ2n) is 11.0. The normalized spacial score (nSPS) is 31.4. The number of carbonyl (C=O) groups excluding carboxylic acids is 2. The molecule has 36 heavy (non-hydrogen) atoms. The molecule has 0 N–H and O–H groups in total. The maximum absolute atomic E-state index is 14.1. The monoisotopic (exact) mass is 469 g/mol. The summed E-state index contributed by atoms with van der Waals surface area (Å²) in [7, 11) is 0. The highest BCUT2D eigenvalue weighted by molar-refractivity contribution is 6.23. The number of anilines is 1. The Morgan fingerprint density at radius 1 is 0.611 bits per heavy atom. The zero-order valence-corrected chi connectivity index (χ0v) is 20.0. The number of amides is 2. The summed E-state index contributed by atoms with van der Waals surface area (Å²) in [4.78, 5) is 29.7. The molecule has 0 unspecified atom stereocenters. The van der Waals surface area contributed by atoms with Crippen molar-refractivity contribution >= 4 is 23.1 Å². The first-order chi connectivity index (χ1) is 17.7. The number of para-hydroxylation sites is 1. The highest BCUT2D eigenvalue weighted by Gasteiger charge is 2.69. The average Bonchev–Trinajstić information content (AvgIpc) is 3.72. The molecule has 3 heteroatoms. The SMILES string of the molecule is O=C1[C@@H]2[C@H]3C4=C([C@H]5CC[C@H]4C5)[C@@H](C3=C(c3ccccc3)c3ccccc3)[C@H]2C(=O)N1c1ccccc1. The Labute approximate surface area is 211 Å². The predicted octanol–water partition coefficient (Wildman–Crippen LogP) is 6.28. The van der Waals surface area contributed by atoms with Crippen LogP contribution in [-0.4, -0.2) is 11.8 Å². The summed E-state index contributed by atoms with van der Waals surface area (Å²) in [5, 5.41) is 0. The lowest BCUT2D eigenvalue weighted by molar-refractivity contribution is -0.123. The van der Waals surface area contributed by atoms with Gasteiger partial charge in [0.25, 0.3) is 0 Å². The minimum absolute atomic E-state index is 0.00371. The highest BCUT2D eigenvalue weighted by Crippen LogP contribution is 2.71. The van der Waals surface area contributed by atoms with Crippen molar-refractivity contribution in [2.45, 2.75) is 19.3 Å². The zero-order valence-electron chi connectivity index (χ0n) is 20.0. The Balaban J connectivity index is 1.37. The van der Waals surface area contributed by atoms with Crippen LogP contribution in [0, 0.1) is 35.5 Å². The van der Waals surface area contributed by atoms with Gasteiger partial charge in [0.2, 0.25) is 11.8 Å². The minimum Gasteiger partial charge on any atom is -0.274 e. The smallest absolute Gasteiger partial charge is 0.238 e. The number of benzene rings is 3. The lowest BCUT2D eigenvalue weighted by Gasteiger charge is -2.28. The average molecular weight is 470 g/mol. The van der Waals surface area contributed by atoms with Crippen molar-refractivity contribution < 1.29 is 9.59 Å². The van der Waals surface area contributed by atoms with Gasteiger partial charge in [0.15, 0.2) is 0 Å². The third kappa shape index (κ3) is 2.53. The Hall–Kier alpha value is -3.72. The highest BCUT2D eigenvalue weighted by atomic mass is 16.2. The number of allylic oxidation sites excluding steroid dienone is 3. The first-order valence-electron chi connectivity index (χ1n) is 13.3. The van der Waals surface area contributed by atoms with Crippen LogP contribution in [-0.2, 0) is 9.59 Å². The van der Waals surface area contributed by atoms with Crippen LogP contribution in [0.4, 0.5) is 5.69 Å². The Bertz CT molecular complexity index is 1380. The topological polar surface area (TPSA) is 37.4 Å². The Morgan fingerprint density at radius 3 is 1.53 bits per heavy atom. The van der Waals surface area contributed by atoms with E-state index in [2.05, 4.69) is 60.7 Å². The van der Waals surface area contributed by atoms with E-state index in [1.807, 2.05) is 30.3 Å². The van der Waals surface area contributed by atoms with Gasteiger partial charge in [0.1, 0.15) is 0 Å². The van der Waals surface area contributed by atoms with Crippen molar-refractivity contribution in [2.24, 2.45) is 35.5 Å². The number of hydrogen-bond acceptors (Lipinski definition) is 2. The van der Waals surface area contributed by atoms with E-state index in [9.17, 15) is 9.59 Å². The molecule has 4 aliphatic carbocycles. The van der Waals surface area contributed by atoms with Gasteiger partial charge in [0, 0.05) is 11.8 Å². The molecule has 3 aromatic carbocycles. The van der Waals surface area contributed by atoms with E-state index in [1.54, 1.807) is 0 Å². The van der Waals surface area contributed by atoms with E-state index in [-0.39, 0.29) is 35.5 Å². The van der Waals surface area contributed by atoms with Crippen LogP contribution in [0.3, 0.4) is 0 Å². The summed E-state index contributed by atoms with van der Waals surface area (Å²) in [5.74, 6) is 0.690. The lowest BCUT2D eigenvalue weighted by Crippen LogP contribution is -2.33. The summed E-state index contributed by atoms with van der Waals surface area (Å²) < 4.78 is 0. The summed E-state index contributed by atoms with van der Waals surface area (Å²) >= 11 is 0.